The van der Waals surface area contributed by atoms with Crippen molar-refractivity contribution in [2.45, 2.75) is 71.8 Å². The van der Waals surface area contributed by atoms with Crippen molar-refractivity contribution < 1.29 is 27.9 Å². The summed E-state index contributed by atoms with van der Waals surface area (Å²) in [7, 11) is 0. The monoisotopic (exact) mass is 495 g/mol. The lowest BCUT2D eigenvalue weighted by molar-refractivity contribution is -0.192. The molecular weight excluding hydrogens is 463 g/mol. The first-order valence-electron chi connectivity index (χ1n) is 11.7. The molecule has 8 nitrogen and oxygen atoms in total. The second kappa shape index (κ2) is 10.8. The van der Waals surface area contributed by atoms with Gasteiger partial charge >= 0.3 is 12.1 Å². The van der Waals surface area contributed by atoms with E-state index < -0.39 is 12.1 Å². The van der Waals surface area contributed by atoms with E-state index in [-0.39, 0.29) is 17.4 Å². The van der Waals surface area contributed by atoms with Crippen LogP contribution in [0.1, 0.15) is 60.7 Å². The summed E-state index contributed by atoms with van der Waals surface area (Å²) in [5, 5.41) is 18.6. The molecule has 1 saturated heterocycles. The average molecular weight is 496 g/mol. The smallest absolute Gasteiger partial charge is 0.475 e. The van der Waals surface area contributed by atoms with Gasteiger partial charge in [0.2, 0.25) is 5.82 Å². The number of carboxylic acids is 1. The predicted molar refractivity (Wildman–Crippen MR) is 123 cm³/mol. The third kappa shape index (κ3) is 7.03. The molecule has 1 fully saturated rings. The van der Waals surface area contributed by atoms with Crippen LogP contribution in [0.3, 0.4) is 0 Å². The number of aliphatic carboxylic acids is 1. The van der Waals surface area contributed by atoms with Gasteiger partial charge in [0.1, 0.15) is 5.82 Å². The molecule has 1 amide bonds. The van der Waals surface area contributed by atoms with E-state index in [1.165, 1.54) is 24.0 Å². The van der Waals surface area contributed by atoms with Crippen LogP contribution in [-0.4, -0.2) is 62.0 Å². The Hall–Kier alpha value is -2.95. The van der Waals surface area contributed by atoms with Gasteiger partial charge in [-0.2, -0.15) is 13.2 Å². The van der Waals surface area contributed by atoms with Crippen molar-refractivity contribution in [3.8, 4) is 0 Å². The molecule has 1 aromatic heterocycles. The van der Waals surface area contributed by atoms with Gasteiger partial charge in [-0.3, -0.25) is 9.69 Å². The third-order valence-corrected chi connectivity index (χ3v) is 6.47. The zero-order chi connectivity index (χ0) is 25.8. The Morgan fingerprint density at radius 2 is 1.83 bits per heavy atom. The number of fused-ring (bicyclic) bond motifs is 1. The summed E-state index contributed by atoms with van der Waals surface area (Å²) in [4.78, 5) is 24.0. The minimum absolute atomic E-state index is 0.0999. The Bertz CT molecular complexity index is 1040. The number of alkyl halides is 3. The van der Waals surface area contributed by atoms with E-state index in [2.05, 4.69) is 56.2 Å². The van der Waals surface area contributed by atoms with Crippen LogP contribution < -0.4 is 5.32 Å². The molecule has 2 N–H and O–H groups in total. The summed E-state index contributed by atoms with van der Waals surface area (Å²) < 4.78 is 33.8. The van der Waals surface area contributed by atoms with Crippen molar-refractivity contribution >= 4 is 11.9 Å². The van der Waals surface area contributed by atoms with Crippen molar-refractivity contribution in [3.05, 3.63) is 47.0 Å². The summed E-state index contributed by atoms with van der Waals surface area (Å²) >= 11 is 0. The minimum atomic E-state index is -5.08. The number of likely N-dealkylation sites (tertiary alicyclic amines) is 1. The Labute approximate surface area is 202 Å². The number of piperidine rings is 1. The van der Waals surface area contributed by atoms with Gasteiger partial charge in [-0.05, 0) is 64.1 Å². The molecule has 0 unspecified atom stereocenters. The van der Waals surface area contributed by atoms with Crippen LogP contribution in [0.5, 0.6) is 0 Å². The van der Waals surface area contributed by atoms with Crippen molar-refractivity contribution in [2.24, 2.45) is 5.41 Å². The molecule has 0 radical (unpaired) electrons. The summed E-state index contributed by atoms with van der Waals surface area (Å²) in [6, 6.07) is 8.91. The van der Waals surface area contributed by atoms with Gasteiger partial charge in [0, 0.05) is 25.6 Å². The summed E-state index contributed by atoms with van der Waals surface area (Å²) in [6.45, 7) is 10.2. The maximum Gasteiger partial charge on any atom is 0.490 e. The van der Waals surface area contributed by atoms with E-state index >= 15 is 0 Å². The van der Waals surface area contributed by atoms with Gasteiger partial charge in [0.15, 0.2) is 0 Å². The number of hydrogen-bond acceptors (Lipinski definition) is 5. The SMILES string of the molecule is Cc1cccc(CN2CCC3(CCc4nnc(C(=O)NC(C)C)n4C3)CC2)c1.O=C(O)C(F)(F)F. The highest BCUT2D eigenvalue weighted by atomic mass is 19.4. The maximum atomic E-state index is 12.5. The normalized spacial score (nSPS) is 17.5. The lowest BCUT2D eigenvalue weighted by Crippen LogP contribution is -2.45. The topological polar surface area (TPSA) is 100 Å². The minimum Gasteiger partial charge on any atom is -0.475 e. The highest BCUT2D eigenvalue weighted by Gasteiger charge is 2.40. The summed E-state index contributed by atoms with van der Waals surface area (Å²) in [6.07, 6.45) is -0.682. The molecule has 2 aliphatic rings. The standard InChI is InChI=1S/C22H31N5O.C2HF3O2/c1-16(2)23-21(28)20-25-24-19-7-8-22(15-27(19)20)9-11-26(12-10-22)14-18-6-4-5-17(3)13-18;3-2(4,5)1(6)7/h4-6,13,16H,7-12,14-15H2,1-3H3,(H,23,28);(H,6,7). The second-order valence-electron chi connectivity index (χ2n) is 9.72. The van der Waals surface area contributed by atoms with E-state index in [1.54, 1.807) is 0 Å². The number of aromatic nitrogens is 3. The molecule has 3 heterocycles. The first-order chi connectivity index (χ1) is 16.4. The van der Waals surface area contributed by atoms with Crippen molar-refractivity contribution in [2.75, 3.05) is 13.1 Å². The Morgan fingerprint density at radius 1 is 1.17 bits per heavy atom. The van der Waals surface area contributed by atoms with E-state index in [0.29, 0.717) is 5.82 Å². The number of carbonyl (C=O) groups is 2. The highest BCUT2D eigenvalue weighted by Crippen LogP contribution is 2.41. The number of amides is 1. The van der Waals surface area contributed by atoms with Gasteiger partial charge in [-0.25, -0.2) is 4.79 Å². The van der Waals surface area contributed by atoms with Crippen LogP contribution >= 0.6 is 0 Å². The molecule has 0 saturated carbocycles. The zero-order valence-electron chi connectivity index (χ0n) is 20.2. The third-order valence-electron chi connectivity index (χ3n) is 6.47. The van der Waals surface area contributed by atoms with E-state index in [1.807, 2.05) is 13.8 Å². The molecule has 0 aliphatic carbocycles. The molecule has 2 aliphatic heterocycles. The molecule has 4 rings (SSSR count). The number of nitrogens with one attached hydrogen (secondary N) is 1. The van der Waals surface area contributed by atoms with Crippen LogP contribution in [-0.2, 0) is 24.3 Å². The van der Waals surface area contributed by atoms with Crippen LogP contribution in [0.2, 0.25) is 0 Å². The zero-order valence-corrected chi connectivity index (χ0v) is 20.2. The first-order valence-corrected chi connectivity index (χ1v) is 11.7. The van der Waals surface area contributed by atoms with Crippen molar-refractivity contribution in [1.82, 2.24) is 25.0 Å². The number of carbonyl (C=O) groups excluding carboxylic acids is 1. The Morgan fingerprint density at radius 3 is 2.40 bits per heavy atom. The van der Waals surface area contributed by atoms with Crippen LogP contribution in [0, 0.1) is 12.3 Å². The quantitative estimate of drug-likeness (QED) is 0.673. The number of hydrogen-bond donors (Lipinski definition) is 2. The number of aryl methyl sites for hydroxylation is 2. The van der Waals surface area contributed by atoms with Gasteiger partial charge in [-0.1, -0.05) is 29.8 Å². The number of carboxylic acid groups (broad SMARTS) is 1. The van der Waals surface area contributed by atoms with Crippen LogP contribution in [0.15, 0.2) is 24.3 Å². The molecule has 0 atom stereocenters. The highest BCUT2D eigenvalue weighted by molar-refractivity contribution is 5.90. The largest absolute Gasteiger partial charge is 0.490 e. The predicted octanol–water partition coefficient (Wildman–Crippen LogP) is 3.59. The molecule has 2 aromatic rings. The fourth-order valence-corrected chi connectivity index (χ4v) is 4.63. The van der Waals surface area contributed by atoms with Gasteiger partial charge in [0.05, 0.1) is 0 Å². The molecule has 11 heteroatoms. The number of halogens is 3. The maximum absolute atomic E-state index is 12.5. The lowest BCUT2D eigenvalue weighted by atomic mass is 9.73. The summed E-state index contributed by atoms with van der Waals surface area (Å²) in [5.41, 5.74) is 2.99. The van der Waals surface area contributed by atoms with E-state index in [0.717, 1.165) is 44.8 Å². The Kier molecular flexibility index (Phi) is 8.19. The number of nitrogens with zero attached hydrogens (tertiary/aromatic N) is 4. The molecule has 1 aromatic carbocycles. The Balaban J connectivity index is 0.000000429. The second-order valence-corrected chi connectivity index (χ2v) is 9.72. The molecular formula is C24H32F3N5O3. The van der Waals surface area contributed by atoms with Crippen molar-refractivity contribution in [1.29, 1.82) is 0 Å². The fraction of sp³-hybridized carbons (Fsp3) is 0.583. The molecule has 1 spiro atoms. The fourth-order valence-electron chi connectivity index (χ4n) is 4.63. The van der Waals surface area contributed by atoms with E-state index in [4.69, 9.17) is 9.90 Å². The average Bonchev–Trinajstić information content (AvgIpc) is 3.18. The number of rotatable bonds is 4. The van der Waals surface area contributed by atoms with Crippen LogP contribution in [0.25, 0.3) is 0 Å². The van der Waals surface area contributed by atoms with Gasteiger partial charge in [0.25, 0.3) is 5.91 Å². The van der Waals surface area contributed by atoms with Gasteiger partial charge in [-0.15, -0.1) is 10.2 Å². The lowest BCUT2D eigenvalue weighted by Gasteiger charge is -2.44. The molecule has 35 heavy (non-hydrogen) atoms. The molecule has 192 valence electrons. The first kappa shape index (κ1) is 26.7. The summed E-state index contributed by atoms with van der Waals surface area (Å²) in [5.74, 6) is -1.43. The van der Waals surface area contributed by atoms with Gasteiger partial charge < -0.3 is 15.0 Å². The number of benzene rings is 1. The molecule has 0 bridgehead atoms. The van der Waals surface area contributed by atoms with E-state index in [9.17, 15) is 18.0 Å². The van der Waals surface area contributed by atoms with Crippen LogP contribution in [0.4, 0.5) is 13.2 Å². The van der Waals surface area contributed by atoms with Crippen molar-refractivity contribution in [3.63, 3.8) is 0 Å².